The first-order valence-electron chi connectivity index (χ1n) is 12.2. The first-order valence-corrected chi connectivity index (χ1v) is 13.4. The summed E-state index contributed by atoms with van der Waals surface area (Å²) in [5.74, 6) is 3.14. The zero-order chi connectivity index (χ0) is 24.3. The van der Waals surface area contributed by atoms with Crippen molar-refractivity contribution >= 4 is 34.7 Å². The molecule has 7 heteroatoms. The largest absolute Gasteiger partial charge is 0.496 e. The van der Waals surface area contributed by atoms with Crippen molar-refractivity contribution in [2.24, 2.45) is 0 Å². The molecule has 35 heavy (non-hydrogen) atoms. The number of carbonyl (C=O) groups excluding carboxylic acids is 1. The van der Waals surface area contributed by atoms with Crippen LogP contribution in [-0.4, -0.2) is 72.2 Å². The molecule has 0 bridgehead atoms. The standard InChI is InChI=1S/C28H32N2O4S/c1-33-24-7-3-2-5-21(24)6-4-12-29-13-10-28(32,11-14-29)23-8-9-25-22(19-23)20-26(34-25)27(31)30-15-17-35-18-16-30/h2-9,19-20,32H,10-18H2,1H3. The highest BCUT2D eigenvalue weighted by atomic mass is 32.2. The Balaban J connectivity index is 1.22. The molecule has 1 amide bonds. The highest BCUT2D eigenvalue weighted by Gasteiger charge is 2.34. The van der Waals surface area contributed by atoms with Crippen LogP contribution in [0, 0.1) is 0 Å². The minimum absolute atomic E-state index is 0.0451. The van der Waals surface area contributed by atoms with Crippen LogP contribution >= 0.6 is 11.8 Å². The van der Waals surface area contributed by atoms with E-state index < -0.39 is 5.60 Å². The average molecular weight is 493 g/mol. The van der Waals surface area contributed by atoms with Crippen LogP contribution in [0.25, 0.3) is 17.0 Å². The molecule has 184 valence electrons. The fourth-order valence-electron chi connectivity index (χ4n) is 4.89. The molecule has 3 heterocycles. The van der Waals surface area contributed by atoms with Crippen LogP contribution in [0.3, 0.4) is 0 Å². The van der Waals surface area contributed by atoms with Gasteiger partial charge in [-0.05, 0) is 42.7 Å². The first kappa shape index (κ1) is 24.0. The lowest BCUT2D eigenvalue weighted by Gasteiger charge is -2.38. The van der Waals surface area contributed by atoms with E-state index in [-0.39, 0.29) is 5.91 Å². The predicted molar refractivity (Wildman–Crippen MR) is 141 cm³/mol. The molecule has 2 fully saturated rings. The number of fused-ring (bicyclic) bond motifs is 1. The van der Waals surface area contributed by atoms with Crippen LogP contribution in [0.2, 0.25) is 0 Å². The summed E-state index contributed by atoms with van der Waals surface area (Å²) >= 11 is 1.87. The number of nitrogens with zero attached hydrogens (tertiary/aromatic N) is 2. The molecule has 3 aromatic rings. The summed E-state index contributed by atoms with van der Waals surface area (Å²) in [5.41, 5.74) is 1.77. The third-order valence-electron chi connectivity index (χ3n) is 7.05. The van der Waals surface area contributed by atoms with E-state index in [0.29, 0.717) is 24.2 Å². The van der Waals surface area contributed by atoms with E-state index in [1.807, 2.05) is 65.2 Å². The molecule has 0 atom stereocenters. The number of thioether (sulfide) groups is 1. The molecule has 2 aliphatic heterocycles. The Labute approximate surface area is 210 Å². The van der Waals surface area contributed by atoms with E-state index in [0.717, 1.165) is 66.5 Å². The molecule has 0 spiro atoms. The molecule has 0 saturated carbocycles. The summed E-state index contributed by atoms with van der Waals surface area (Å²) in [6, 6.07) is 15.6. The molecule has 6 nitrogen and oxygen atoms in total. The lowest BCUT2D eigenvalue weighted by Crippen LogP contribution is -2.42. The van der Waals surface area contributed by atoms with Crippen molar-refractivity contribution in [1.82, 2.24) is 9.80 Å². The Bertz CT molecular complexity index is 1210. The summed E-state index contributed by atoms with van der Waals surface area (Å²) in [7, 11) is 1.69. The molecule has 0 radical (unpaired) electrons. The summed E-state index contributed by atoms with van der Waals surface area (Å²) in [6.07, 6.45) is 5.57. The van der Waals surface area contributed by atoms with Gasteiger partial charge >= 0.3 is 0 Å². The molecule has 2 aliphatic rings. The Morgan fingerprint density at radius 3 is 2.66 bits per heavy atom. The Kier molecular flexibility index (Phi) is 7.18. The van der Waals surface area contributed by atoms with Crippen LogP contribution in [0.4, 0.5) is 0 Å². The highest BCUT2D eigenvalue weighted by molar-refractivity contribution is 7.99. The van der Waals surface area contributed by atoms with Crippen LogP contribution in [0.5, 0.6) is 5.75 Å². The van der Waals surface area contributed by atoms with Gasteiger partial charge in [0.25, 0.3) is 5.91 Å². The second-order valence-electron chi connectivity index (χ2n) is 9.24. The van der Waals surface area contributed by atoms with Crippen LogP contribution in [0.1, 0.15) is 34.5 Å². The Morgan fingerprint density at radius 1 is 1.11 bits per heavy atom. The number of furan rings is 1. The number of amides is 1. The fraction of sp³-hybridized carbons (Fsp3) is 0.393. The van der Waals surface area contributed by atoms with Gasteiger partial charge in [-0.2, -0.15) is 11.8 Å². The van der Waals surface area contributed by atoms with Crippen LogP contribution in [-0.2, 0) is 5.60 Å². The van der Waals surface area contributed by atoms with Crippen molar-refractivity contribution < 1.29 is 19.1 Å². The van der Waals surface area contributed by atoms with Crippen LogP contribution < -0.4 is 4.74 Å². The number of rotatable bonds is 6. The highest BCUT2D eigenvalue weighted by Crippen LogP contribution is 2.35. The second-order valence-corrected chi connectivity index (χ2v) is 10.5. The number of likely N-dealkylation sites (tertiary alicyclic amines) is 1. The Hall–Kier alpha value is -2.74. The van der Waals surface area contributed by atoms with Crippen molar-refractivity contribution in [3.8, 4) is 5.75 Å². The maximum Gasteiger partial charge on any atom is 0.289 e. The average Bonchev–Trinajstić information content (AvgIpc) is 3.34. The zero-order valence-electron chi connectivity index (χ0n) is 20.1. The number of carbonyl (C=O) groups is 1. The van der Waals surface area contributed by atoms with E-state index >= 15 is 0 Å². The van der Waals surface area contributed by atoms with Gasteiger partial charge < -0.3 is 19.2 Å². The molecule has 1 aromatic heterocycles. The number of benzene rings is 2. The number of aliphatic hydroxyl groups is 1. The van der Waals surface area contributed by atoms with Gasteiger partial charge in [-0.25, -0.2) is 0 Å². The SMILES string of the molecule is COc1ccccc1C=CCN1CCC(O)(c2ccc3oc(C(=O)N4CCSCC4)cc3c2)CC1. The maximum atomic E-state index is 12.8. The van der Waals surface area contributed by atoms with Crippen molar-refractivity contribution in [2.45, 2.75) is 18.4 Å². The Morgan fingerprint density at radius 2 is 1.89 bits per heavy atom. The second kappa shape index (κ2) is 10.5. The minimum atomic E-state index is -0.872. The lowest BCUT2D eigenvalue weighted by atomic mass is 9.84. The smallest absolute Gasteiger partial charge is 0.289 e. The predicted octanol–water partition coefficient (Wildman–Crippen LogP) is 4.63. The number of para-hydroxylation sites is 1. The number of methoxy groups -OCH3 is 1. The lowest BCUT2D eigenvalue weighted by molar-refractivity contribution is -0.0232. The molecule has 2 aromatic carbocycles. The third kappa shape index (κ3) is 5.27. The van der Waals surface area contributed by atoms with E-state index in [9.17, 15) is 9.90 Å². The maximum absolute atomic E-state index is 12.8. The minimum Gasteiger partial charge on any atom is -0.496 e. The third-order valence-corrected chi connectivity index (χ3v) is 7.99. The van der Waals surface area contributed by atoms with Gasteiger partial charge in [0, 0.05) is 55.2 Å². The monoisotopic (exact) mass is 492 g/mol. The van der Waals surface area contributed by atoms with Gasteiger partial charge in [0.1, 0.15) is 11.3 Å². The van der Waals surface area contributed by atoms with E-state index in [1.54, 1.807) is 7.11 Å². The molecule has 0 aliphatic carbocycles. The summed E-state index contributed by atoms with van der Waals surface area (Å²) in [4.78, 5) is 17.0. The summed E-state index contributed by atoms with van der Waals surface area (Å²) in [5, 5.41) is 12.3. The van der Waals surface area contributed by atoms with E-state index in [1.165, 1.54) is 0 Å². The first-order chi connectivity index (χ1) is 17.1. The van der Waals surface area contributed by atoms with Crippen molar-refractivity contribution in [2.75, 3.05) is 51.3 Å². The summed E-state index contributed by atoms with van der Waals surface area (Å²) in [6.45, 7) is 3.97. The fourth-order valence-corrected chi connectivity index (χ4v) is 5.79. The normalized spacial score (nSPS) is 18.9. The number of ether oxygens (including phenoxy) is 1. The van der Waals surface area contributed by atoms with Gasteiger partial charge in [0.2, 0.25) is 0 Å². The quantitative estimate of drug-likeness (QED) is 0.541. The van der Waals surface area contributed by atoms with E-state index in [4.69, 9.17) is 9.15 Å². The molecule has 5 rings (SSSR count). The van der Waals surface area contributed by atoms with Gasteiger partial charge in [-0.3, -0.25) is 9.69 Å². The van der Waals surface area contributed by atoms with Gasteiger partial charge in [-0.1, -0.05) is 36.4 Å². The van der Waals surface area contributed by atoms with Crippen molar-refractivity contribution in [1.29, 1.82) is 0 Å². The summed E-state index contributed by atoms with van der Waals surface area (Å²) < 4.78 is 11.3. The number of hydrogen-bond acceptors (Lipinski definition) is 6. The van der Waals surface area contributed by atoms with Gasteiger partial charge in [-0.15, -0.1) is 0 Å². The van der Waals surface area contributed by atoms with Crippen molar-refractivity contribution in [3.63, 3.8) is 0 Å². The zero-order valence-corrected chi connectivity index (χ0v) is 20.9. The molecular weight excluding hydrogens is 460 g/mol. The van der Waals surface area contributed by atoms with Crippen molar-refractivity contribution in [3.05, 3.63) is 71.5 Å². The topological polar surface area (TPSA) is 66.2 Å². The molecule has 2 saturated heterocycles. The van der Waals surface area contributed by atoms with Gasteiger partial charge in [0.15, 0.2) is 5.76 Å². The molecular formula is C28H32N2O4S. The number of piperidine rings is 1. The molecule has 1 N–H and O–H groups in total. The number of hydrogen-bond donors (Lipinski definition) is 1. The van der Waals surface area contributed by atoms with Crippen LogP contribution in [0.15, 0.2) is 59.0 Å². The van der Waals surface area contributed by atoms with Gasteiger partial charge in [0.05, 0.1) is 12.7 Å². The van der Waals surface area contributed by atoms with E-state index in [2.05, 4.69) is 17.1 Å². The molecule has 0 unspecified atom stereocenters.